The van der Waals surface area contributed by atoms with Crippen LogP contribution in [0.2, 0.25) is 0 Å². The number of nitrogens with zero attached hydrogens (tertiary/aromatic N) is 1. The summed E-state index contributed by atoms with van der Waals surface area (Å²) in [6.07, 6.45) is 3.79. The van der Waals surface area contributed by atoms with Crippen LogP contribution in [-0.4, -0.2) is 10.9 Å². The lowest BCUT2D eigenvalue weighted by atomic mass is 10.2. The number of amides is 1. The lowest BCUT2D eigenvalue weighted by Crippen LogP contribution is -2.24. The fraction of sp³-hybridized carbons (Fsp3) is 0.143. The van der Waals surface area contributed by atoms with Gasteiger partial charge in [-0.05, 0) is 17.2 Å². The molecule has 1 aromatic carbocycles. The zero-order chi connectivity index (χ0) is 11.9. The normalized spacial score (nSPS) is 9.88. The Labute approximate surface area is 101 Å². The molecule has 0 bridgehead atoms. The lowest BCUT2D eigenvalue weighted by molar-refractivity contribution is -0.120. The van der Waals surface area contributed by atoms with E-state index in [0.717, 1.165) is 11.1 Å². The molecule has 86 valence electrons. The van der Waals surface area contributed by atoms with Crippen molar-refractivity contribution in [2.45, 2.75) is 13.0 Å². The molecule has 0 unspecified atom stereocenters. The third-order valence-electron chi connectivity index (χ3n) is 2.42. The van der Waals surface area contributed by atoms with Gasteiger partial charge in [-0.1, -0.05) is 36.4 Å². The van der Waals surface area contributed by atoms with Gasteiger partial charge in [-0.15, -0.1) is 0 Å². The van der Waals surface area contributed by atoms with E-state index in [-0.39, 0.29) is 5.91 Å². The topological polar surface area (TPSA) is 42.0 Å². The predicted molar refractivity (Wildman–Crippen MR) is 66.2 cm³/mol. The Balaban J connectivity index is 1.83. The van der Waals surface area contributed by atoms with E-state index in [9.17, 15) is 4.79 Å². The van der Waals surface area contributed by atoms with Gasteiger partial charge in [0.2, 0.25) is 5.91 Å². The Hall–Kier alpha value is -2.16. The summed E-state index contributed by atoms with van der Waals surface area (Å²) in [7, 11) is 0. The summed E-state index contributed by atoms with van der Waals surface area (Å²) >= 11 is 0. The Bertz CT molecular complexity index is 468. The van der Waals surface area contributed by atoms with Crippen LogP contribution < -0.4 is 5.32 Å². The third-order valence-corrected chi connectivity index (χ3v) is 2.42. The van der Waals surface area contributed by atoms with Crippen LogP contribution in [0.15, 0.2) is 54.9 Å². The number of rotatable bonds is 4. The molecule has 1 heterocycles. The van der Waals surface area contributed by atoms with Gasteiger partial charge in [0.1, 0.15) is 0 Å². The number of aromatic nitrogens is 1. The molecule has 2 aromatic rings. The van der Waals surface area contributed by atoms with Gasteiger partial charge < -0.3 is 5.32 Å². The molecule has 1 N–H and O–H groups in total. The van der Waals surface area contributed by atoms with Gasteiger partial charge in [0.25, 0.3) is 0 Å². The number of carbonyl (C=O) groups excluding carboxylic acids is 1. The van der Waals surface area contributed by atoms with Gasteiger partial charge in [-0.2, -0.15) is 0 Å². The number of pyridine rings is 1. The smallest absolute Gasteiger partial charge is 0.224 e. The van der Waals surface area contributed by atoms with Crippen molar-refractivity contribution in [2.24, 2.45) is 0 Å². The van der Waals surface area contributed by atoms with Crippen LogP contribution in [0.25, 0.3) is 0 Å². The highest BCUT2D eigenvalue weighted by Gasteiger charge is 2.02. The molecule has 0 fully saturated rings. The molecular weight excluding hydrogens is 212 g/mol. The maximum absolute atomic E-state index is 11.6. The van der Waals surface area contributed by atoms with Crippen molar-refractivity contribution in [3.8, 4) is 0 Å². The summed E-state index contributed by atoms with van der Waals surface area (Å²) in [5.74, 6) is 0.0156. The molecule has 0 aliphatic rings. The Morgan fingerprint density at radius 1 is 1.06 bits per heavy atom. The third kappa shape index (κ3) is 3.72. The number of hydrogen-bond donors (Lipinski definition) is 1. The minimum absolute atomic E-state index is 0.0156. The van der Waals surface area contributed by atoms with Crippen molar-refractivity contribution in [1.82, 2.24) is 10.3 Å². The van der Waals surface area contributed by atoms with Crippen molar-refractivity contribution in [3.63, 3.8) is 0 Å². The second-order valence-corrected chi connectivity index (χ2v) is 3.80. The quantitative estimate of drug-likeness (QED) is 0.865. The van der Waals surface area contributed by atoms with Crippen LogP contribution in [0.5, 0.6) is 0 Å². The molecule has 17 heavy (non-hydrogen) atoms. The van der Waals surface area contributed by atoms with E-state index in [1.807, 2.05) is 42.5 Å². The van der Waals surface area contributed by atoms with Crippen molar-refractivity contribution in [1.29, 1.82) is 0 Å². The molecule has 2 rings (SSSR count). The monoisotopic (exact) mass is 226 g/mol. The Morgan fingerprint density at radius 2 is 1.82 bits per heavy atom. The summed E-state index contributed by atoms with van der Waals surface area (Å²) in [4.78, 5) is 15.6. The summed E-state index contributed by atoms with van der Waals surface area (Å²) in [5, 5.41) is 2.88. The Morgan fingerprint density at radius 3 is 2.53 bits per heavy atom. The molecule has 0 spiro atoms. The van der Waals surface area contributed by atoms with Gasteiger partial charge >= 0.3 is 0 Å². The SMILES string of the molecule is O=C(Cc1cccnc1)NCc1ccccc1. The Kier molecular flexibility index (Phi) is 3.86. The molecule has 3 heteroatoms. The minimum Gasteiger partial charge on any atom is -0.352 e. The van der Waals surface area contributed by atoms with Crippen molar-refractivity contribution < 1.29 is 4.79 Å². The predicted octanol–water partition coefficient (Wildman–Crippen LogP) is 1.94. The summed E-state index contributed by atoms with van der Waals surface area (Å²) in [6, 6.07) is 13.6. The number of hydrogen-bond acceptors (Lipinski definition) is 2. The first-order valence-electron chi connectivity index (χ1n) is 5.54. The minimum atomic E-state index is 0.0156. The first kappa shape index (κ1) is 11.3. The average molecular weight is 226 g/mol. The molecule has 0 aliphatic heterocycles. The highest BCUT2D eigenvalue weighted by Crippen LogP contribution is 1.99. The molecule has 0 aliphatic carbocycles. The first-order valence-corrected chi connectivity index (χ1v) is 5.54. The van der Waals surface area contributed by atoms with Gasteiger partial charge in [0, 0.05) is 18.9 Å². The largest absolute Gasteiger partial charge is 0.352 e. The van der Waals surface area contributed by atoms with E-state index < -0.39 is 0 Å². The average Bonchev–Trinajstić information content (AvgIpc) is 2.39. The second kappa shape index (κ2) is 5.80. The van der Waals surface area contributed by atoms with E-state index in [0.29, 0.717) is 13.0 Å². The van der Waals surface area contributed by atoms with E-state index >= 15 is 0 Å². The maximum Gasteiger partial charge on any atom is 0.224 e. The standard InChI is InChI=1S/C14H14N2O/c17-14(9-13-7-4-8-15-10-13)16-11-12-5-2-1-3-6-12/h1-8,10H,9,11H2,(H,16,17). The highest BCUT2D eigenvalue weighted by molar-refractivity contribution is 5.78. The summed E-state index contributed by atoms with van der Waals surface area (Å²) in [6.45, 7) is 0.569. The fourth-order valence-electron chi connectivity index (χ4n) is 1.55. The first-order chi connectivity index (χ1) is 8.34. The molecular formula is C14H14N2O. The fourth-order valence-corrected chi connectivity index (χ4v) is 1.55. The zero-order valence-corrected chi connectivity index (χ0v) is 9.47. The molecule has 3 nitrogen and oxygen atoms in total. The molecule has 0 radical (unpaired) electrons. The van der Waals surface area contributed by atoms with Crippen molar-refractivity contribution >= 4 is 5.91 Å². The highest BCUT2D eigenvalue weighted by atomic mass is 16.1. The van der Waals surface area contributed by atoms with Crippen LogP contribution >= 0.6 is 0 Å². The van der Waals surface area contributed by atoms with Gasteiger partial charge in [0.05, 0.1) is 6.42 Å². The van der Waals surface area contributed by atoms with Gasteiger partial charge in [-0.3, -0.25) is 9.78 Å². The maximum atomic E-state index is 11.6. The van der Waals surface area contributed by atoms with Crippen LogP contribution in [0.3, 0.4) is 0 Å². The number of nitrogens with one attached hydrogen (secondary N) is 1. The van der Waals surface area contributed by atoms with E-state index in [2.05, 4.69) is 10.3 Å². The van der Waals surface area contributed by atoms with Gasteiger partial charge in [-0.25, -0.2) is 0 Å². The van der Waals surface area contributed by atoms with Crippen molar-refractivity contribution in [2.75, 3.05) is 0 Å². The van der Waals surface area contributed by atoms with E-state index in [4.69, 9.17) is 0 Å². The lowest BCUT2D eigenvalue weighted by Gasteiger charge is -2.04. The number of carbonyl (C=O) groups is 1. The van der Waals surface area contributed by atoms with Crippen LogP contribution in [-0.2, 0) is 17.8 Å². The van der Waals surface area contributed by atoms with Crippen LogP contribution in [0.4, 0.5) is 0 Å². The van der Waals surface area contributed by atoms with E-state index in [1.165, 1.54) is 0 Å². The van der Waals surface area contributed by atoms with Crippen LogP contribution in [0, 0.1) is 0 Å². The zero-order valence-electron chi connectivity index (χ0n) is 9.47. The molecule has 0 atom stereocenters. The molecule has 1 amide bonds. The molecule has 1 aromatic heterocycles. The second-order valence-electron chi connectivity index (χ2n) is 3.80. The molecule has 0 saturated heterocycles. The molecule has 0 saturated carbocycles. The van der Waals surface area contributed by atoms with Gasteiger partial charge in [0.15, 0.2) is 0 Å². The van der Waals surface area contributed by atoms with E-state index in [1.54, 1.807) is 12.4 Å². The summed E-state index contributed by atoms with van der Waals surface area (Å²) in [5.41, 5.74) is 2.03. The summed E-state index contributed by atoms with van der Waals surface area (Å²) < 4.78 is 0. The number of benzene rings is 1. The van der Waals surface area contributed by atoms with Crippen molar-refractivity contribution in [3.05, 3.63) is 66.0 Å². The van der Waals surface area contributed by atoms with Crippen LogP contribution in [0.1, 0.15) is 11.1 Å².